The Bertz CT molecular complexity index is 1290. The lowest BCUT2D eigenvalue weighted by Crippen LogP contribution is -2.40. The predicted molar refractivity (Wildman–Crippen MR) is 120 cm³/mol. The molecule has 162 valence electrons. The third-order valence-corrected chi connectivity index (χ3v) is 5.54. The first-order chi connectivity index (χ1) is 15.6. The van der Waals surface area contributed by atoms with Crippen LogP contribution in [0, 0.1) is 0 Å². The number of ether oxygens (including phenoxy) is 1. The molecule has 32 heavy (non-hydrogen) atoms. The average Bonchev–Trinajstić information content (AvgIpc) is 3.46. The molecule has 0 radical (unpaired) electrons. The van der Waals surface area contributed by atoms with Gasteiger partial charge in [0.15, 0.2) is 5.76 Å². The van der Waals surface area contributed by atoms with Gasteiger partial charge in [0.25, 0.3) is 11.8 Å². The van der Waals surface area contributed by atoms with E-state index in [1.165, 1.54) is 0 Å². The van der Waals surface area contributed by atoms with Crippen LogP contribution >= 0.6 is 11.6 Å². The van der Waals surface area contributed by atoms with Crippen molar-refractivity contribution in [3.05, 3.63) is 77.2 Å². The van der Waals surface area contributed by atoms with Crippen LogP contribution in [0.4, 0.5) is 5.69 Å². The second-order valence-electron chi connectivity index (χ2n) is 7.33. The van der Waals surface area contributed by atoms with Crippen molar-refractivity contribution in [3.63, 3.8) is 0 Å². The minimum Gasteiger partial charge on any atom is -0.451 e. The highest BCUT2D eigenvalue weighted by atomic mass is 35.5. The summed E-state index contributed by atoms with van der Waals surface area (Å²) in [6.07, 6.45) is 0. The Balaban J connectivity index is 1.45. The summed E-state index contributed by atoms with van der Waals surface area (Å²) < 4.78 is 16.9. The fraction of sp³-hybridized carbons (Fsp3) is 0.167. The molecule has 8 heteroatoms. The monoisotopic (exact) mass is 450 g/mol. The van der Waals surface area contributed by atoms with Crippen molar-refractivity contribution in [2.75, 3.05) is 31.6 Å². The number of rotatable bonds is 4. The maximum atomic E-state index is 13.1. The summed E-state index contributed by atoms with van der Waals surface area (Å²) in [6.45, 7) is 1.86. The van der Waals surface area contributed by atoms with Crippen LogP contribution in [-0.4, -0.2) is 43.0 Å². The van der Waals surface area contributed by atoms with E-state index in [9.17, 15) is 9.59 Å². The number of furan rings is 2. The smallest absolute Gasteiger partial charge is 0.291 e. The first kappa shape index (κ1) is 20.4. The molecular weight excluding hydrogens is 432 g/mol. The molecule has 4 aromatic rings. The summed E-state index contributed by atoms with van der Waals surface area (Å²) in [4.78, 5) is 27.8. The molecule has 0 bridgehead atoms. The van der Waals surface area contributed by atoms with Crippen LogP contribution in [0.25, 0.3) is 22.3 Å². The summed E-state index contributed by atoms with van der Waals surface area (Å²) in [6, 6.07) is 17.6. The van der Waals surface area contributed by atoms with E-state index in [2.05, 4.69) is 5.32 Å². The number of fused-ring (bicyclic) bond motifs is 1. The summed E-state index contributed by atoms with van der Waals surface area (Å²) >= 11 is 5.94. The Morgan fingerprint density at radius 3 is 2.44 bits per heavy atom. The van der Waals surface area contributed by atoms with E-state index in [-0.39, 0.29) is 17.4 Å². The first-order valence-corrected chi connectivity index (χ1v) is 10.5. The van der Waals surface area contributed by atoms with Gasteiger partial charge < -0.3 is 23.8 Å². The zero-order valence-corrected chi connectivity index (χ0v) is 17.7. The van der Waals surface area contributed by atoms with E-state index in [4.69, 9.17) is 25.2 Å². The Kier molecular flexibility index (Phi) is 5.43. The Hall–Kier alpha value is -3.55. The second-order valence-corrected chi connectivity index (χ2v) is 7.77. The average molecular weight is 451 g/mol. The molecule has 1 fully saturated rings. The minimum atomic E-state index is -0.479. The molecule has 0 atom stereocenters. The SMILES string of the molecule is O=C(Nc1c(C(=O)N2CCOCC2)oc2ccccc12)c1ccc(-c2ccc(Cl)cc2)o1. The highest BCUT2D eigenvalue weighted by molar-refractivity contribution is 6.30. The van der Waals surface area contributed by atoms with E-state index in [0.29, 0.717) is 53.7 Å². The summed E-state index contributed by atoms with van der Waals surface area (Å²) in [7, 11) is 0. The number of hydrogen-bond acceptors (Lipinski definition) is 5. The van der Waals surface area contributed by atoms with Crippen molar-refractivity contribution in [2.24, 2.45) is 0 Å². The van der Waals surface area contributed by atoms with Gasteiger partial charge in [-0.1, -0.05) is 23.7 Å². The number of morpholine rings is 1. The summed E-state index contributed by atoms with van der Waals surface area (Å²) in [5.74, 6) is -0.0293. The van der Waals surface area contributed by atoms with Crippen LogP contribution in [0.3, 0.4) is 0 Å². The quantitative estimate of drug-likeness (QED) is 0.469. The number of nitrogens with one attached hydrogen (secondary N) is 1. The number of para-hydroxylation sites is 1. The number of carbonyl (C=O) groups is 2. The highest BCUT2D eigenvalue weighted by Crippen LogP contribution is 2.33. The minimum absolute atomic E-state index is 0.0888. The van der Waals surface area contributed by atoms with Crippen molar-refractivity contribution in [1.82, 2.24) is 4.90 Å². The lowest BCUT2D eigenvalue weighted by molar-refractivity contribution is 0.0285. The van der Waals surface area contributed by atoms with Gasteiger partial charge >= 0.3 is 0 Å². The molecule has 0 spiro atoms. The van der Waals surface area contributed by atoms with Gasteiger partial charge in [0.2, 0.25) is 5.76 Å². The fourth-order valence-electron chi connectivity index (χ4n) is 3.63. The summed E-state index contributed by atoms with van der Waals surface area (Å²) in [5, 5.41) is 4.07. The molecule has 3 heterocycles. The largest absolute Gasteiger partial charge is 0.451 e. The third kappa shape index (κ3) is 3.88. The second kappa shape index (κ2) is 8.53. The van der Waals surface area contributed by atoms with Crippen LogP contribution in [0.2, 0.25) is 5.02 Å². The van der Waals surface area contributed by atoms with Crippen LogP contribution in [0.5, 0.6) is 0 Å². The van der Waals surface area contributed by atoms with Crippen LogP contribution in [0.1, 0.15) is 21.1 Å². The maximum absolute atomic E-state index is 13.1. The first-order valence-electron chi connectivity index (χ1n) is 10.2. The van der Waals surface area contributed by atoms with E-state index in [1.807, 2.05) is 24.3 Å². The van der Waals surface area contributed by atoms with Gasteiger partial charge in [-0.25, -0.2) is 0 Å². The van der Waals surface area contributed by atoms with Gasteiger partial charge in [0.1, 0.15) is 17.0 Å². The lowest BCUT2D eigenvalue weighted by Gasteiger charge is -2.26. The normalized spacial score (nSPS) is 14.0. The number of amides is 2. The van der Waals surface area contributed by atoms with Crippen molar-refractivity contribution in [3.8, 4) is 11.3 Å². The molecule has 5 rings (SSSR count). The molecule has 2 aromatic heterocycles. The molecule has 7 nitrogen and oxygen atoms in total. The molecule has 1 aliphatic heterocycles. The molecule has 2 aromatic carbocycles. The highest BCUT2D eigenvalue weighted by Gasteiger charge is 2.28. The zero-order valence-electron chi connectivity index (χ0n) is 17.0. The molecule has 0 saturated carbocycles. The molecule has 2 amide bonds. The van der Waals surface area contributed by atoms with E-state index in [1.54, 1.807) is 41.3 Å². The van der Waals surface area contributed by atoms with E-state index < -0.39 is 5.91 Å². The van der Waals surface area contributed by atoms with Gasteiger partial charge in [-0.05, 0) is 48.5 Å². The van der Waals surface area contributed by atoms with Gasteiger partial charge in [-0.3, -0.25) is 9.59 Å². The van der Waals surface area contributed by atoms with Crippen molar-refractivity contribution >= 4 is 40.1 Å². The van der Waals surface area contributed by atoms with E-state index >= 15 is 0 Å². The number of benzene rings is 2. The molecule has 1 N–H and O–H groups in total. The third-order valence-electron chi connectivity index (χ3n) is 5.29. The van der Waals surface area contributed by atoms with Crippen LogP contribution in [-0.2, 0) is 4.74 Å². The van der Waals surface area contributed by atoms with Gasteiger partial charge in [0.05, 0.1) is 13.2 Å². The van der Waals surface area contributed by atoms with Crippen molar-refractivity contribution in [1.29, 1.82) is 0 Å². The molecular formula is C24H19ClN2O5. The maximum Gasteiger partial charge on any atom is 0.291 e. The lowest BCUT2D eigenvalue weighted by atomic mass is 10.2. The molecule has 1 aliphatic rings. The van der Waals surface area contributed by atoms with Crippen molar-refractivity contribution < 1.29 is 23.2 Å². The topological polar surface area (TPSA) is 84.9 Å². The number of anilines is 1. The predicted octanol–water partition coefficient (Wildman–Crippen LogP) is 5.07. The van der Waals surface area contributed by atoms with Crippen molar-refractivity contribution in [2.45, 2.75) is 0 Å². The Labute approximate surface area is 188 Å². The number of nitrogens with zero attached hydrogens (tertiary/aromatic N) is 1. The molecule has 1 saturated heterocycles. The number of hydrogen-bond donors (Lipinski definition) is 1. The van der Waals surface area contributed by atoms with E-state index in [0.717, 1.165) is 5.56 Å². The van der Waals surface area contributed by atoms with Gasteiger partial charge in [-0.2, -0.15) is 0 Å². The fourth-order valence-corrected chi connectivity index (χ4v) is 3.76. The molecule has 0 unspecified atom stereocenters. The summed E-state index contributed by atoms with van der Waals surface area (Å²) in [5.41, 5.74) is 1.64. The standard InChI is InChI=1S/C24H19ClN2O5/c25-16-7-5-15(6-8-16)18-9-10-20(31-18)23(28)26-21-17-3-1-2-4-19(17)32-22(21)24(29)27-11-13-30-14-12-27/h1-10H,11-14H2,(H,26,28). The van der Waals surface area contributed by atoms with Crippen LogP contribution < -0.4 is 5.32 Å². The zero-order chi connectivity index (χ0) is 22.1. The van der Waals surface area contributed by atoms with Gasteiger partial charge in [0, 0.05) is 29.1 Å². The van der Waals surface area contributed by atoms with Crippen LogP contribution in [0.15, 0.2) is 69.5 Å². The number of carbonyl (C=O) groups excluding carboxylic acids is 2. The molecule has 0 aliphatic carbocycles. The Morgan fingerprint density at radius 2 is 1.66 bits per heavy atom. The van der Waals surface area contributed by atoms with Gasteiger partial charge in [-0.15, -0.1) is 0 Å². The Morgan fingerprint density at radius 1 is 0.906 bits per heavy atom. The number of halogens is 1.